The van der Waals surface area contributed by atoms with Crippen molar-refractivity contribution in [3.05, 3.63) is 68.2 Å². The number of pyridine rings is 1. The Hall–Kier alpha value is -3.00. The molecule has 0 unspecified atom stereocenters. The number of esters is 1. The van der Waals surface area contributed by atoms with E-state index < -0.39 is 5.97 Å². The summed E-state index contributed by atoms with van der Waals surface area (Å²) in [5, 5.41) is 1.67. The van der Waals surface area contributed by atoms with E-state index in [1.165, 1.54) is 4.57 Å². The SMILES string of the molecule is Cc1cc(C(=O)COC(=O)Cn2c(C)csc2=O)c(C)n1-c1ccccn1. The van der Waals surface area contributed by atoms with Crippen molar-refractivity contribution < 1.29 is 14.3 Å². The topological polar surface area (TPSA) is 83.2 Å². The molecule has 0 radical (unpaired) electrons. The Morgan fingerprint density at radius 3 is 2.59 bits per heavy atom. The third kappa shape index (κ3) is 3.90. The smallest absolute Gasteiger partial charge is 0.326 e. The molecule has 0 aromatic carbocycles. The maximum atomic E-state index is 12.5. The van der Waals surface area contributed by atoms with Gasteiger partial charge >= 0.3 is 10.8 Å². The van der Waals surface area contributed by atoms with Crippen molar-refractivity contribution in [2.24, 2.45) is 0 Å². The van der Waals surface area contributed by atoms with Gasteiger partial charge in [0.2, 0.25) is 5.78 Å². The van der Waals surface area contributed by atoms with Gasteiger partial charge in [-0.3, -0.25) is 19.0 Å². The van der Waals surface area contributed by atoms with Gasteiger partial charge in [0.25, 0.3) is 0 Å². The lowest BCUT2D eigenvalue weighted by Crippen LogP contribution is -2.24. The third-order valence-corrected chi connectivity index (χ3v) is 5.12. The van der Waals surface area contributed by atoms with Crippen LogP contribution in [0.1, 0.15) is 27.4 Å². The molecule has 27 heavy (non-hydrogen) atoms. The molecule has 0 saturated carbocycles. The number of aromatic nitrogens is 3. The summed E-state index contributed by atoms with van der Waals surface area (Å²) in [7, 11) is 0. The summed E-state index contributed by atoms with van der Waals surface area (Å²) >= 11 is 1.02. The van der Waals surface area contributed by atoms with Gasteiger partial charge in [0.1, 0.15) is 12.4 Å². The van der Waals surface area contributed by atoms with Crippen molar-refractivity contribution in [2.45, 2.75) is 27.3 Å². The fraction of sp³-hybridized carbons (Fsp3) is 0.263. The van der Waals surface area contributed by atoms with Crippen LogP contribution in [0.3, 0.4) is 0 Å². The predicted octanol–water partition coefficient (Wildman–Crippen LogP) is 2.45. The normalized spacial score (nSPS) is 10.8. The number of hydrogen-bond donors (Lipinski definition) is 0. The first-order valence-corrected chi connectivity index (χ1v) is 9.20. The molecule has 7 nitrogen and oxygen atoms in total. The minimum absolute atomic E-state index is 0.200. The first-order chi connectivity index (χ1) is 12.9. The van der Waals surface area contributed by atoms with E-state index >= 15 is 0 Å². The number of rotatable bonds is 6. The van der Waals surface area contributed by atoms with Gasteiger partial charge in [0.05, 0.1) is 0 Å². The molecule has 0 bridgehead atoms. The number of carbonyl (C=O) groups excluding carboxylic acids is 2. The quantitative estimate of drug-likeness (QED) is 0.481. The molecule has 3 rings (SSSR count). The maximum Gasteiger partial charge on any atom is 0.326 e. The Bertz CT molecular complexity index is 1050. The van der Waals surface area contributed by atoms with E-state index in [1.54, 1.807) is 24.6 Å². The van der Waals surface area contributed by atoms with Crippen LogP contribution in [0.4, 0.5) is 0 Å². The summed E-state index contributed by atoms with van der Waals surface area (Å²) in [6, 6.07) is 7.31. The number of hydrogen-bond acceptors (Lipinski definition) is 6. The molecule has 3 aromatic rings. The van der Waals surface area contributed by atoms with Crippen LogP contribution in [0.15, 0.2) is 40.6 Å². The standard InChI is InChI=1S/C19H19N3O4S/c1-12-8-15(14(3)22(12)17-6-4-5-7-20-17)16(23)10-26-18(24)9-21-13(2)11-27-19(21)25/h4-8,11H,9-10H2,1-3H3. The zero-order valence-electron chi connectivity index (χ0n) is 15.3. The monoisotopic (exact) mass is 385 g/mol. The minimum Gasteiger partial charge on any atom is -0.456 e. The molecule has 0 saturated heterocycles. The van der Waals surface area contributed by atoms with Gasteiger partial charge in [-0.25, -0.2) is 4.98 Å². The molecular weight excluding hydrogens is 366 g/mol. The summed E-state index contributed by atoms with van der Waals surface area (Å²) in [5.74, 6) is -0.200. The lowest BCUT2D eigenvalue weighted by Gasteiger charge is -2.09. The van der Waals surface area contributed by atoms with Gasteiger partial charge in [-0.1, -0.05) is 17.4 Å². The molecule has 140 valence electrons. The molecule has 8 heteroatoms. The van der Waals surface area contributed by atoms with Gasteiger partial charge in [0.15, 0.2) is 6.61 Å². The van der Waals surface area contributed by atoms with Crippen molar-refractivity contribution in [1.29, 1.82) is 0 Å². The molecule has 0 N–H and O–H groups in total. The molecule has 0 fully saturated rings. The van der Waals surface area contributed by atoms with Gasteiger partial charge in [-0.05, 0) is 39.0 Å². The molecule has 0 aliphatic carbocycles. The van der Waals surface area contributed by atoms with Crippen LogP contribution in [-0.4, -0.2) is 32.5 Å². The molecule has 3 aromatic heterocycles. The van der Waals surface area contributed by atoms with Gasteiger partial charge in [-0.15, -0.1) is 0 Å². The minimum atomic E-state index is -0.620. The largest absolute Gasteiger partial charge is 0.456 e. The predicted molar refractivity (Wildman–Crippen MR) is 102 cm³/mol. The average Bonchev–Trinajstić information content (AvgIpc) is 3.13. The fourth-order valence-electron chi connectivity index (χ4n) is 2.88. The Morgan fingerprint density at radius 2 is 1.96 bits per heavy atom. The second kappa shape index (κ2) is 7.71. The fourth-order valence-corrected chi connectivity index (χ4v) is 3.61. The third-order valence-electron chi connectivity index (χ3n) is 4.24. The highest BCUT2D eigenvalue weighted by Crippen LogP contribution is 2.20. The first-order valence-electron chi connectivity index (χ1n) is 8.32. The van der Waals surface area contributed by atoms with Crippen molar-refractivity contribution in [2.75, 3.05) is 6.61 Å². The summed E-state index contributed by atoms with van der Waals surface area (Å²) in [6.07, 6.45) is 1.69. The van der Waals surface area contributed by atoms with Crippen molar-refractivity contribution in [3.8, 4) is 5.82 Å². The van der Waals surface area contributed by atoms with Crippen LogP contribution >= 0.6 is 11.3 Å². The number of aryl methyl sites for hydroxylation is 2. The van der Waals surface area contributed by atoms with Crippen LogP contribution in [0.25, 0.3) is 5.82 Å². The average molecular weight is 385 g/mol. The Balaban J connectivity index is 1.70. The summed E-state index contributed by atoms with van der Waals surface area (Å²) in [6.45, 7) is 4.88. The van der Waals surface area contributed by atoms with Crippen LogP contribution in [0.2, 0.25) is 0 Å². The highest BCUT2D eigenvalue weighted by molar-refractivity contribution is 7.07. The zero-order chi connectivity index (χ0) is 19.6. The van der Waals surface area contributed by atoms with E-state index in [-0.39, 0.29) is 23.8 Å². The zero-order valence-corrected chi connectivity index (χ0v) is 16.1. The summed E-state index contributed by atoms with van der Waals surface area (Å²) in [4.78, 5) is 40.2. The van der Waals surface area contributed by atoms with E-state index in [2.05, 4.69) is 4.98 Å². The van der Waals surface area contributed by atoms with E-state index in [0.717, 1.165) is 28.5 Å². The maximum absolute atomic E-state index is 12.5. The lowest BCUT2D eigenvalue weighted by molar-refractivity contribution is -0.143. The van der Waals surface area contributed by atoms with Gasteiger partial charge in [0, 0.05) is 34.2 Å². The summed E-state index contributed by atoms with van der Waals surface area (Å²) in [5.41, 5.74) is 2.76. The second-order valence-corrected chi connectivity index (χ2v) is 6.94. The van der Waals surface area contributed by atoms with Crippen molar-refractivity contribution in [3.63, 3.8) is 0 Å². The van der Waals surface area contributed by atoms with Crippen molar-refractivity contribution >= 4 is 23.1 Å². The van der Waals surface area contributed by atoms with Crippen LogP contribution in [-0.2, 0) is 16.1 Å². The van der Waals surface area contributed by atoms with E-state index in [0.29, 0.717) is 11.3 Å². The highest BCUT2D eigenvalue weighted by atomic mass is 32.1. The van der Waals surface area contributed by atoms with Gasteiger partial charge in [-0.2, -0.15) is 0 Å². The van der Waals surface area contributed by atoms with Gasteiger partial charge < -0.3 is 9.30 Å². The van der Waals surface area contributed by atoms with Crippen molar-refractivity contribution in [1.82, 2.24) is 14.1 Å². The first kappa shape index (κ1) is 18.8. The summed E-state index contributed by atoms with van der Waals surface area (Å²) < 4.78 is 8.29. The number of Topliss-reactive ketones (excluding diaryl/α,β-unsaturated/α-hetero) is 1. The number of ketones is 1. The van der Waals surface area contributed by atoms with E-state index in [4.69, 9.17) is 4.74 Å². The van der Waals surface area contributed by atoms with E-state index in [1.807, 2.05) is 36.6 Å². The molecule has 0 aliphatic rings. The van der Waals surface area contributed by atoms with Crippen LogP contribution in [0, 0.1) is 20.8 Å². The van der Waals surface area contributed by atoms with Crippen LogP contribution < -0.4 is 4.87 Å². The Kier molecular flexibility index (Phi) is 5.36. The number of ether oxygens (including phenoxy) is 1. The van der Waals surface area contributed by atoms with Crippen LogP contribution in [0.5, 0.6) is 0 Å². The molecule has 0 atom stereocenters. The second-order valence-electron chi connectivity index (χ2n) is 6.12. The van der Waals surface area contributed by atoms with E-state index in [9.17, 15) is 14.4 Å². The number of carbonyl (C=O) groups is 2. The molecule has 3 heterocycles. The Labute approximate surface area is 159 Å². The molecule has 0 spiro atoms. The Morgan fingerprint density at radius 1 is 1.19 bits per heavy atom. The molecular formula is C19H19N3O4S. The highest BCUT2D eigenvalue weighted by Gasteiger charge is 2.19. The number of nitrogens with zero attached hydrogens (tertiary/aromatic N) is 3. The molecule has 0 amide bonds. The number of thiazole rings is 1. The lowest BCUT2D eigenvalue weighted by atomic mass is 10.1. The molecule has 0 aliphatic heterocycles.